The smallest absolute Gasteiger partial charge is 0.255 e. The van der Waals surface area contributed by atoms with Crippen LogP contribution in [-0.2, 0) is 29.4 Å². The molecule has 8 nitrogen and oxygen atoms in total. The number of aliphatic hydroxyl groups is 2. The van der Waals surface area contributed by atoms with E-state index in [1.165, 1.54) is 18.2 Å². The lowest BCUT2D eigenvalue weighted by molar-refractivity contribution is 0.0940. The van der Waals surface area contributed by atoms with Crippen molar-refractivity contribution in [1.82, 2.24) is 10.2 Å². The minimum absolute atomic E-state index is 0.0116. The van der Waals surface area contributed by atoms with E-state index in [0.717, 1.165) is 22.3 Å². The zero-order valence-corrected chi connectivity index (χ0v) is 28.5. The fraction of sp³-hybridized carbons (Fsp3) is 0.205. The summed E-state index contributed by atoms with van der Waals surface area (Å²) in [5.74, 6) is -0.320. The van der Waals surface area contributed by atoms with Crippen molar-refractivity contribution < 1.29 is 28.2 Å². The van der Waals surface area contributed by atoms with Crippen LogP contribution in [0.15, 0.2) is 137 Å². The molecule has 0 aliphatic rings. The summed E-state index contributed by atoms with van der Waals surface area (Å²) in [6, 6.07) is 37.6. The molecule has 3 N–H and O–H groups in total. The van der Waals surface area contributed by atoms with Crippen molar-refractivity contribution in [2.75, 3.05) is 26.2 Å². The van der Waals surface area contributed by atoms with E-state index in [4.69, 9.17) is 16.3 Å². The predicted molar refractivity (Wildman–Crippen MR) is 190 cm³/mol. The molecule has 49 heavy (non-hydrogen) atoms. The number of nitrogens with one attached hydrogen (secondary N) is 1. The predicted octanol–water partition coefficient (Wildman–Crippen LogP) is 6.25. The standard InChI is InChI=1S/C39H39ClN2O6S/c40-33-13-7-12-32(24-33)37(44)27-42(26-30-8-3-1-4-9-30)22-20-29-14-16-34(17-15-29)49(46,47)35-18-19-38(36(25-35)39(45)41-21-23-43)48-28-31-10-5-2-6-11-31/h1-19,24-25,37,43-44H,20-23,26-28H2,(H,41,45)/t37-/m0/s1. The van der Waals surface area contributed by atoms with Crippen LogP contribution in [0.2, 0.25) is 5.02 Å². The molecule has 0 fully saturated rings. The zero-order chi connectivity index (χ0) is 34.6. The van der Waals surface area contributed by atoms with E-state index in [2.05, 4.69) is 10.2 Å². The molecule has 0 saturated heterocycles. The van der Waals surface area contributed by atoms with Crippen LogP contribution in [0.25, 0.3) is 0 Å². The van der Waals surface area contributed by atoms with E-state index < -0.39 is 21.8 Å². The Balaban J connectivity index is 1.30. The number of benzene rings is 5. The van der Waals surface area contributed by atoms with Crippen LogP contribution in [0.1, 0.15) is 38.7 Å². The first-order chi connectivity index (χ1) is 23.7. The maximum atomic E-state index is 13.7. The molecule has 0 aliphatic heterocycles. The number of amides is 1. The van der Waals surface area contributed by atoms with Crippen molar-refractivity contribution >= 4 is 27.3 Å². The average molecular weight is 699 g/mol. The molecule has 0 bridgehead atoms. The number of hydrogen-bond donors (Lipinski definition) is 3. The van der Waals surface area contributed by atoms with Gasteiger partial charge in [-0.25, -0.2) is 8.42 Å². The van der Waals surface area contributed by atoms with E-state index in [1.807, 2.05) is 72.8 Å². The highest BCUT2D eigenvalue weighted by Gasteiger charge is 2.23. The van der Waals surface area contributed by atoms with Crippen molar-refractivity contribution in [2.24, 2.45) is 0 Å². The minimum Gasteiger partial charge on any atom is -0.488 e. The van der Waals surface area contributed by atoms with Gasteiger partial charge in [0, 0.05) is 31.2 Å². The summed E-state index contributed by atoms with van der Waals surface area (Å²) in [4.78, 5) is 15.2. The van der Waals surface area contributed by atoms with Crippen LogP contribution in [0.4, 0.5) is 0 Å². The second-order valence-electron chi connectivity index (χ2n) is 11.6. The Hall–Kier alpha value is -4.51. The fourth-order valence-electron chi connectivity index (χ4n) is 5.38. The Morgan fingerprint density at radius 2 is 1.47 bits per heavy atom. The first-order valence-corrected chi connectivity index (χ1v) is 17.8. The molecule has 0 aliphatic carbocycles. The number of carbonyl (C=O) groups is 1. The van der Waals surface area contributed by atoms with Gasteiger partial charge < -0.3 is 20.3 Å². The lowest BCUT2D eigenvalue weighted by Gasteiger charge is -2.25. The van der Waals surface area contributed by atoms with Gasteiger partial charge in [-0.15, -0.1) is 0 Å². The third-order valence-electron chi connectivity index (χ3n) is 8.00. The average Bonchev–Trinajstić information content (AvgIpc) is 3.13. The second kappa shape index (κ2) is 17.2. The van der Waals surface area contributed by atoms with Crippen LogP contribution in [0.3, 0.4) is 0 Å². The summed E-state index contributed by atoms with van der Waals surface area (Å²) in [7, 11) is -3.98. The molecule has 0 radical (unpaired) electrons. The van der Waals surface area contributed by atoms with Gasteiger partial charge >= 0.3 is 0 Å². The molecule has 254 valence electrons. The largest absolute Gasteiger partial charge is 0.488 e. The van der Waals surface area contributed by atoms with Crippen molar-refractivity contribution in [2.45, 2.75) is 35.5 Å². The van der Waals surface area contributed by atoms with Crippen LogP contribution < -0.4 is 10.1 Å². The summed E-state index contributed by atoms with van der Waals surface area (Å²) in [5.41, 5.74) is 3.73. The number of aliphatic hydroxyl groups excluding tert-OH is 2. The van der Waals surface area contributed by atoms with Crippen LogP contribution in [0, 0.1) is 0 Å². The number of sulfone groups is 1. The van der Waals surface area contributed by atoms with E-state index in [1.54, 1.807) is 36.4 Å². The number of rotatable bonds is 16. The fourth-order valence-corrected chi connectivity index (χ4v) is 6.86. The highest BCUT2D eigenvalue weighted by molar-refractivity contribution is 7.91. The highest BCUT2D eigenvalue weighted by Crippen LogP contribution is 2.28. The van der Waals surface area contributed by atoms with Gasteiger partial charge in [-0.2, -0.15) is 0 Å². The van der Waals surface area contributed by atoms with E-state index >= 15 is 0 Å². The number of hydrogen-bond acceptors (Lipinski definition) is 7. The van der Waals surface area contributed by atoms with Crippen LogP contribution >= 0.6 is 11.6 Å². The van der Waals surface area contributed by atoms with E-state index in [9.17, 15) is 23.4 Å². The molecule has 1 amide bonds. The summed E-state index contributed by atoms with van der Waals surface area (Å²) in [6.07, 6.45) is -0.112. The Kier molecular flexibility index (Phi) is 12.6. The monoisotopic (exact) mass is 698 g/mol. The first kappa shape index (κ1) is 35.8. The van der Waals surface area contributed by atoms with Gasteiger partial charge in [-0.3, -0.25) is 9.69 Å². The third-order valence-corrected chi connectivity index (χ3v) is 10.0. The molecule has 5 rings (SSSR count). The Morgan fingerprint density at radius 3 is 2.14 bits per heavy atom. The maximum absolute atomic E-state index is 13.7. The van der Waals surface area contributed by atoms with Gasteiger partial charge in [0.1, 0.15) is 12.4 Å². The van der Waals surface area contributed by atoms with Crippen molar-refractivity contribution in [3.8, 4) is 5.75 Å². The molecule has 10 heteroatoms. The SMILES string of the molecule is O=C(NCCO)c1cc(S(=O)(=O)c2ccc(CCN(Cc3ccccc3)C[C@H](O)c3cccc(Cl)c3)cc2)ccc1OCc1ccccc1. The van der Waals surface area contributed by atoms with Gasteiger partial charge in [0.15, 0.2) is 0 Å². The summed E-state index contributed by atoms with van der Waals surface area (Å²) >= 11 is 6.16. The van der Waals surface area contributed by atoms with Crippen molar-refractivity contribution in [1.29, 1.82) is 0 Å². The van der Waals surface area contributed by atoms with Gasteiger partial charge in [-0.05, 0) is 71.1 Å². The van der Waals surface area contributed by atoms with Gasteiger partial charge in [0.2, 0.25) is 9.84 Å². The van der Waals surface area contributed by atoms with Gasteiger partial charge in [0.25, 0.3) is 5.91 Å². The third kappa shape index (κ3) is 10.0. The summed E-state index contributed by atoms with van der Waals surface area (Å²) < 4.78 is 33.3. The zero-order valence-electron chi connectivity index (χ0n) is 26.9. The van der Waals surface area contributed by atoms with E-state index in [0.29, 0.717) is 31.1 Å². The van der Waals surface area contributed by atoms with Crippen LogP contribution in [-0.4, -0.2) is 55.7 Å². The normalized spacial score (nSPS) is 12.1. The number of halogens is 1. The van der Waals surface area contributed by atoms with Gasteiger partial charge in [0.05, 0.1) is 28.1 Å². The Labute approximate surface area is 292 Å². The molecular formula is C39H39ClN2O6S. The lowest BCUT2D eigenvalue weighted by atomic mass is 10.1. The number of ether oxygens (including phenoxy) is 1. The molecule has 0 saturated carbocycles. The van der Waals surface area contributed by atoms with Gasteiger partial charge in [-0.1, -0.05) is 96.5 Å². The summed E-state index contributed by atoms with van der Waals surface area (Å²) in [5, 5.41) is 23.4. The van der Waals surface area contributed by atoms with Crippen molar-refractivity contribution in [3.05, 3.63) is 160 Å². The maximum Gasteiger partial charge on any atom is 0.255 e. The highest BCUT2D eigenvalue weighted by atomic mass is 35.5. The van der Waals surface area contributed by atoms with E-state index in [-0.39, 0.29) is 40.9 Å². The molecule has 5 aromatic carbocycles. The number of nitrogens with zero attached hydrogens (tertiary/aromatic N) is 1. The van der Waals surface area contributed by atoms with Crippen LogP contribution in [0.5, 0.6) is 5.75 Å². The first-order valence-electron chi connectivity index (χ1n) is 16.0. The Bertz CT molecular complexity index is 1920. The molecule has 0 unspecified atom stereocenters. The minimum atomic E-state index is -3.98. The number of carbonyl (C=O) groups excluding carboxylic acids is 1. The molecule has 1 atom stereocenters. The second-order valence-corrected chi connectivity index (χ2v) is 14.0. The Morgan fingerprint density at radius 1 is 0.796 bits per heavy atom. The molecule has 0 heterocycles. The lowest BCUT2D eigenvalue weighted by Crippen LogP contribution is -2.30. The summed E-state index contributed by atoms with van der Waals surface area (Å²) in [6.45, 7) is 1.58. The molecular weight excluding hydrogens is 660 g/mol. The molecule has 0 spiro atoms. The topological polar surface area (TPSA) is 116 Å². The van der Waals surface area contributed by atoms with Crippen molar-refractivity contribution in [3.63, 3.8) is 0 Å². The molecule has 0 aromatic heterocycles. The molecule has 5 aromatic rings. The quantitative estimate of drug-likeness (QED) is 0.112.